The smallest absolute Gasteiger partial charge is 0.266 e. The van der Waals surface area contributed by atoms with Crippen LogP contribution in [0.2, 0.25) is 5.02 Å². The van der Waals surface area contributed by atoms with Crippen LogP contribution in [0.1, 0.15) is 16.1 Å². The van der Waals surface area contributed by atoms with E-state index in [1.165, 1.54) is 12.3 Å². The van der Waals surface area contributed by atoms with E-state index in [2.05, 4.69) is 4.98 Å². The molecule has 1 amide bonds. The van der Waals surface area contributed by atoms with E-state index < -0.39 is 21.7 Å². The molecule has 0 aliphatic heterocycles. The van der Waals surface area contributed by atoms with E-state index in [0.717, 1.165) is 23.6 Å². The number of hydrogen-bond donors (Lipinski definition) is 1. The van der Waals surface area contributed by atoms with Crippen molar-refractivity contribution in [1.29, 1.82) is 0 Å². The van der Waals surface area contributed by atoms with E-state index >= 15 is 0 Å². The number of pyridine rings is 1. The van der Waals surface area contributed by atoms with E-state index in [-0.39, 0.29) is 10.6 Å². The van der Waals surface area contributed by atoms with Gasteiger partial charge in [0.1, 0.15) is 5.82 Å². The predicted octanol–water partition coefficient (Wildman–Crippen LogP) is 2.60. The van der Waals surface area contributed by atoms with Crippen LogP contribution in [0.4, 0.5) is 4.39 Å². The molecule has 2 rings (SSSR count). The molecule has 22 heavy (non-hydrogen) atoms. The molecule has 0 aliphatic carbocycles. The van der Waals surface area contributed by atoms with Crippen molar-refractivity contribution in [2.75, 3.05) is 0 Å². The maximum Gasteiger partial charge on any atom is 0.266 e. The minimum Gasteiger partial charge on any atom is -0.268 e. The summed E-state index contributed by atoms with van der Waals surface area (Å²) < 4.78 is 38.3. The minimum atomic E-state index is -4.03. The summed E-state index contributed by atoms with van der Waals surface area (Å²) in [4.78, 5) is 15.8. The van der Waals surface area contributed by atoms with Gasteiger partial charge in [0.25, 0.3) is 15.9 Å². The largest absolute Gasteiger partial charge is 0.268 e. The average Bonchev–Trinajstić information content (AvgIpc) is 2.45. The fraction of sp³-hybridized carbons (Fsp3) is 0. The molecule has 0 fully saturated rings. The van der Waals surface area contributed by atoms with Crippen LogP contribution < -0.4 is 4.72 Å². The Morgan fingerprint density at radius 2 is 2.05 bits per heavy atom. The lowest BCUT2D eigenvalue weighted by molar-refractivity contribution is 0.0982. The zero-order chi connectivity index (χ0) is 16.2. The van der Waals surface area contributed by atoms with Crippen LogP contribution in [-0.4, -0.2) is 19.3 Å². The highest BCUT2D eigenvalue weighted by atomic mass is 35.5. The van der Waals surface area contributed by atoms with Crippen LogP contribution in [-0.2, 0) is 10.0 Å². The fourth-order valence-corrected chi connectivity index (χ4v) is 2.53. The van der Waals surface area contributed by atoms with Crippen molar-refractivity contribution in [2.45, 2.75) is 0 Å². The lowest BCUT2D eigenvalue weighted by Crippen LogP contribution is -2.29. The van der Waals surface area contributed by atoms with Crippen molar-refractivity contribution in [1.82, 2.24) is 9.71 Å². The Balaban J connectivity index is 2.14. The Hall–Kier alpha value is -2.25. The van der Waals surface area contributed by atoms with Gasteiger partial charge < -0.3 is 0 Å². The van der Waals surface area contributed by atoms with E-state index in [9.17, 15) is 17.6 Å². The summed E-state index contributed by atoms with van der Waals surface area (Å²) in [5.41, 5.74) is 0.276. The minimum absolute atomic E-state index is 0.141. The van der Waals surface area contributed by atoms with Crippen molar-refractivity contribution < 1.29 is 17.6 Å². The Bertz CT molecular complexity index is 823. The van der Waals surface area contributed by atoms with Crippen molar-refractivity contribution in [3.05, 3.63) is 70.1 Å². The van der Waals surface area contributed by atoms with Gasteiger partial charge in [-0.3, -0.25) is 9.78 Å². The summed E-state index contributed by atoms with van der Waals surface area (Å²) >= 11 is 5.70. The molecule has 1 heterocycles. The van der Waals surface area contributed by atoms with Crippen molar-refractivity contribution >= 4 is 33.6 Å². The molecule has 1 N–H and O–H groups in total. The highest BCUT2D eigenvalue weighted by molar-refractivity contribution is 7.93. The average molecular weight is 341 g/mol. The molecule has 1 aromatic carbocycles. The molecule has 0 radical (unpaired) electrons. The molecular weight excluding hydrogens is 331 g/mol. The maximum absolute atomic E-state index is 12.9. The Kier molecular flexibility index (Phi) is 4.89. The number of nitrogens with zero attached hydrogens (tertiary/aromatic N) is 1. The Morgan fingerprint density at radius 1 is 1.27 bits per heavy atom. The van der Waals surface area contributed by atoms with Gasteiger partial charge in [-0.1, -0.05) is 17.7 Å². The third kappa shape index (κ3) is 4.37. The molecule has 0 aliphatic rings. The van der Waals surface area contributed by atoms with Crippen LogP contribution in [0.3, 0.4) is 0 Å². The van der Waals surface area contributed by atoms with Crippen molar-refractivity contribution in [2.24, 2.45) is 0 Å². The zero-order valence-electron chi connectivity index (χ0n) is 11.0. The van der Waals surface area contributed by atoms with Crippen LogP contribution in [0, 0.1) is 5.82 Å². The van der Waals surface area contributed by atoms with Gasteiger partial charge in [-0.2, -0.15) is 0 Å². The Labute approximate surface area is 131 Å². The number of nitrogens with one attached hydrogen (secondary N) is 1. The van der Waals surface area contributed by atoms with E-state index in [4.69, 9.17) is 11.6 Å². The second kappa shape index (κ2) is 6.67. The first kappa shape index (κ1) is 16.1. The predicted molar refractivity (Wildman–Crippen MR) is 81.1 cm³/mol. The number of amides is 1. The molecule has 0 bridgehead atoms. The van der Waals surface area contributed by atoms with E-state index in [0.29, 0.717) is 5.69 Å². The lowest BCUT2D eigenvalue weighted by Gasteiger charge is -2.05. The summed E-state index contributed by atoms with van der Waals surface area (Å²) in [6, 6.07) is 8.01. The standard InChI is InChI=1S/C14H10ClFN2O3S/c15-13-9-10(16)4-5-12(13)14(19)18-22(20,21)8-6-11-3-1-2-7-17-11/h1-9H,(H,18,19). The summed E-state index contributed by atoms with van der Waals surface area (Å²) in [5, 5.41) is 0.631. The highest BCUT2D eigenvalue weighted by Gasteiger charge is 2.16. The second-order valence-corrected chi connectivity index (χ2v) is 6.13. The number of aromatic nitrogens is 1. The SMILES string of the molecule is O=C(NS(=O)(=O)C=Cc1ccccn1)c1ccc(F)cc1Cl. The first-order chi connectivity index (χ1) is 10.4. The molecule has 114 valence electrons. The topological polar surface area (TPSA) is 76.1 Å². The van der Waals surface area contributed by atoms with Crippen molar-refractivity contribution in [3.8, 4) is 0 Å². The van der Waals surface area contributed by atoms with Crippen LogP contribution >= 0.6 is 11.6 Å². The monoisotopic (exact) mass is 340 g/mol. The quantitative estimate of drug-likeness (QED) is 0.928. The zero-order valence-corrected chi connectivity index (χ0v) is 12.6. The van der Waals surface area contributed by atoms with Gasteiger partial charge in [0.2, 0.25) is 0 Å². The van der Waals surface area contributed by atoms with Crippen molar-refractivity contribution in [3.63, 3.8) is 0 Å². The lowest BCUT2D eigenvalue weighted by atomic mass is 10.2. The number of carbonyl (C=O) groups is 1. The Morgan fingerprint density at radius 3 is 2.68 bits per heavy atom. The van der Waals surface area contributed by atoms with E-state index in [1.807, 2.05) is 4.72 Å². The molecule has 0 unspecified atom stereocenters. The molecule has 0 saturated carbocycles. The third-order valence-electron chi connectivity index (χ3n) is 2.52. The summed E-state index contributed by atoms with van der Waals surface area (Å²) in [5.74, 6) is -1.57. The molecule has 0 atom stereocenters. The molecule has 5 nitrogen and oxygen atoms in total. The molecule has 1 aromatic heterocycles. The van der Waals surface area contributed by atoms with Crippen LogP contribution in [0.15, 0.2) is 48.0 Å². The number of benzene rings is 1. The number of carbonyl (C=O) groups excluding carboxylic acids is 1. The summed E-state index contributed by atoms with van der Waals surface area (Å²) in [6.45, 7) is 0. The number of hydrogen-bond acceptors (Lipinski definition) is 4. The van der Waals surface area contributed by atoms with Gasteiger partial charge in [-0.15, -0.1) is 0 Å². The first-order valence-electron chi connectivity index (χ1n) is 5.99. The number of rotatable bonds is 4. The van der Waals surface area contributed by atoms with Gasteiger partial charge in [0.05, 0.1) is 21.7 Å². The number of sulfonamides is 1. The van der Waals surface area contributed by atoms with Gasteiger partial charge in [-0.05, 0) is 36.4 Å². The highest BCUT2D eigenvalue weighted by Crippen LogP contribution is 2.17. The molecule has 0 saturated heterocycles. The first-order valence-corrected chi connectivity index (χ1v) is 7.91. The van der Waals surface area contributed by atoms with Crippen LogP contribution in [0.5, 0.6) is 0 Å². The summed E-state index contributed by atoms with van der Waals surface area (Å²) in [6.07, 6.45) is 2.74. The number of halogens is 2. The molecular formula is C14H10ClFN2O3S. The van der Waals surface area contributed by atoms with Crippen LogP contribution in [0.25, 0.3) is 6.08 Å². The van der Waals surface area contributed by atoms with Gasteiger partial charge in [-0.25, -0.2) is 17.5 Å². The van der Waals surface area contributed by atoms with Gasteiger partial charge in [0.15, 0.2) is 0 Å². The fourth-order valence-electron chi connectivity index (χ4n) is 1.53. The molecule has 0 spiro atoms. The van der Waals surface area contributed by atoms with Gasteiger partial charge >= 0.3 is 0 Å². The van der Waals surface area contributed by atoms with E-state index in [1.54, 1.807) is 18.2 Å². The summed E-state index contributed by atoms with van der Waals surface area (Å²) in [7, 11) is -4.03. The molecule has 2 aromatic rings. The normalized spacial score (nSPS) is 11.5. The second-order valence-electron chi connectivity index (χ2n) is 4.16. The van der Waals surface area contributed by atoms with Gasteiger partial charge in [0, 0.05) is 6.20 Å². The molecule has 8 heteroatoms. The maximum atomic E-state index is 12.9. The third-order valence-corrected chi connectivity index (χ3v) is 3.79.